The lowest BCUT2D eigenvalue weighted by molar-refractivity contribution is 0.181. The summed E-state index contributed by atoms with van der Waals surface area (Å²) >= 11 is 0. The number of nitrogens with one attached hydrogen (secondary N) is 2. The molecule has 2 amide bonds. The van der Waals surface area contributed by atoms with E-state index in [9.17, 15) is 9.59 Å². The highest BCUT2D eigenvalue weighted by Gasteiger charge is 2.22. The number of carbonyl (C=O) groups is 1. The first-order valence-electron chi connectivity index (χ1n) is 5.89. The number of hydrogen-bond acceptors (Lipinski definition) is 3. The van der Waals surface area contributed by atoms with Gasteiger partial charge in [0, 0.05) is 19.6 Å². The third-order valence-corrected chi connectivity index (χ3v) is 2.86. The number of aromatic nitrogens is 3. The molecule has 0 atom stereocenters. The van der Waals surface area contributed by atoms with Gasteiger partial charge in [0.2, 0.25) is 0 Å². The van der Waals surface area contributed by atoms with Crippen LogP contribution in [0, 0.1) is 0 Å². The summed E-state index contributed by atoms with van der Waals surface area (Å²) in [5, 5.41) is 9.13. The van der Waals surface area contributed by atoms with E-state index >= 15 is 0 Å². The Morgan fingerprint density at radius 2 is 2.35 bits per heavy atom. The van der Waals surface area contributed by atoms with E-state index in [1.165, 1.54) is 0 Å². The molecule has 7 nitrogen and oxygen atoms in total. The molecular formula is C10H17N5O2. The second-order valence-electron chi connectivity index (χ2n) is 4.10. The predicted molar refractivity (Wildman–Crippen MR) is 61.6 cm³/mol. The van der Waals surface area contributed by atoms with E-state index in [0.717, 1.165) is 12.8 Å². The maximum atomic E-state index is 11.8. The highest BCUT2D eigenvalue weighted by Crippen LogP contribution is 2.06. The lowest BCUT2D eigenvalue weighted by Gasteiger charge is -2.26. The lowest BCUT2D eigenvalue weighted by atomic mass is 10.3. The molecule has 17 heavy (non-hydrogen) atoms. The van der Waals surface area contributed by atoms with Crippen LogP contribution in [-0.4, -0.2) is 38.8 Å². The standard InChI is InChI=1S/C10H17N5O2/c1-2-3-4-11-9(16)14-5-6-15-8(7-14)12-13-10(15)17/h2-7H2,1H3,(H,11,16)(H,13,17). The van der Waals surface area contributed by atoms with Gasteiger partial charge < -0.3 is 10.2 Å². The Morgan fingerprint density at radius 1 is 1.53 bits per heavy atom. The van der Waals surface area contributed by atoms with Crippen LogP contribution in [0.1, 0.15) is 25.6 Å². The van der Waals surface area contributed by atoms with Crippen LogP contribution in [0.25, 0.3) is 0 Å². The normalized spacial score (nSPS) is 14.5. The van der Waals surface area contributed by atoms with Crippen molar-refractivity contribution >= 4 is 6.03 Å². The molecule has 0 unspecified atom stereocenters. The molecule has 94 valence electrons. The van der Waals surface area contributed by atoms with E-state index in [0.29, 0.717) is 32.0 Å². The fourth-order valence-electron chi connectivity index (χ4n) is 1.83. The van der Waals surface area contributed by atoms with Crippen LogP contribution in [-0.2, 0) is 13.1 Å². The largest absolute Gasteiger partial charge is 0.343 e. The zero-order valence-corrected chi connectivity index (χ0v) is 9.90. The number of aromatic amines is 1. The Kier molecular flexibility index (Phi) is 3.46. The van der Waals surface area contributed by atoms with Crippen LogP contribution in [0.15, 0.2) is 4.79 Å². The molecular weight excluding hydrogens is 222 g/mol. The summed E-state index contributed by atoms with van der Waals surface area (Å²) in [4.78, 5) is 24.7. The summed E-state index contributed by atoms with van der Waals surface area (Å²) in [6, 6.07) is -0.0832. The zero-order valence-electron chi connectivity index (χ0n) is 9.90. The molecule has 0 aromatic carbocycles. The first-order valence-corrected chi connectivity index (χ1v) is 5.89. The third-order valence-electron chi connectivity index (χ3n) is 2.86. The molecule has 0 spiro atoms. The number of urea groups is 1. The van der Waals surface area contributed by atoms with Gasteiger partial charge in [-0.25, -0.2) is 14.7 Å². The number of rotatable bonds is 3. The van der Waals surface area contributed by atoms with Crippen molar-refractivity contribution in [1.29, 1.82) is 0 Å². The van der Waals surface area contributed by atoms with Gasteiger partial charge in [-0.1, -0.05) is 13.3 Å². The number of amides is 2. The highest BCUT2D eigenvalue weighted by atomic mass is 16.2. The highest BCUT2D eigenvalue weighted by molar-refractivity contribution is 5.74. The average molecular weight is 239 g/mol. The second-order valence-corrected chi connectivity index (χ2v) is 4.10. The Morgan fingerprint density at radius 3 is 3.12 bits per heavy atom. The van der Waals surface area contributed by atoms with Gasteiger partial charge in [0.1, 0.15) is 0 Å². The molecule has 7 heteroatoms. The fraction of sp³-hybridized carbons (Fsp3) is 0.700. The molecule has 2 heterocycles. The smallest absolute Gasteiger partial charge is 0.338 e. The van der Waals surface area contributed by atoms with Crippen molar-refractivity contribution in [3.8, 4) is 0 Å². The van der Waals surface area contributed by atoms with Gasteiger partial charge in [0.25, 0.3) is 0 Å². The number of carbonyl (C=O) groups excluding carboxylic acids is 1. The molecule has 2 rings (SSSR count). The van der Waals surface area contributed by atoms with Gasteiger partial charge in [-0.15, -0.1) is 0 Å². The third kappa shape index (κ3) is 2.48. The van der Waals surface area contributed by atoms with Gasteiger partial charge in [-0.3, -0.25) is 4.57 Å². The fourth-order valence-corrected chi connectivity index (χ4v) is 1.83. The molecule has 0 aliphatic carbocycles. The monoisotopic (exact) mass is 239 g/mol. The number of H-pyrrole nitrogens is 1. The molecule has 1 aromatic rings. The summed E-state index contributed by atoms with van der Waals surface area (Å²) in [6.07, 6.45) is 2.03. The van der Waals surface area contributed by atoms with E-state index in [1.807, 2.05) is 0 Å². The van der Waals surface area contributed by atoms with Gasteiger partial charge in [-0.05, 0) is 6.42 Å². The van der Waals surface area contributed by atoms with Crippen LogP contribution in [0.3, 0.4) is 0 Å². The molecule has 0 radical (unpaired) electrons. The van der Waals surface area contributed by atoms with Crippen molar-refractivity contribution in [2.45, 2.75) is 32.9 Å². The summed E-state index contributed by atoms with van der Waals surface area (Å²) in [5.41, 5.74) is -0.203. The molecule has 1 aromatic heterocycles. The van der Waals surface area contributed by atoms with Crippen molar-refractivity contribution < 1.29 is 4.79 Å². The maximum absolute atomic E-state index is 11.8. The Labute approximate surface area is 98.8 Å². The van der Waals surface area contributed by atoms with Crippen molar-refractivity contribution in [3.63, 3.8) is 0 Å². The number of fused-ring (bicyclic) bond motifs is 1. The zero-order chi connectivity index (χ0) is 12.3. The van der Waals surface area contributed by atoms with Crippen molar-refractivity contribution in [2.75, 3.05) is 13.1 Å². The van der Waals surface area contributed by atoms with Crippen LogP contribution >= 0.6 is 0 Å². The SMILES string of the molecule is CCCCNC(=O)N1CCn2c(n[nH]c2=O)C1. The van der Waals surface area contributed by atoms with Gasteiger partial charge >= 0.3 is 11.7 Å². The lowest BCUT2D eigenvalue weighted by Crippen LogP contribution is -2.45. The molecule has 1 aliphatic rings. The van der Waals surface area contributed by atoms with Gasteiger partial charge in [0.15, 0.2) is 5.82 Å². The molecule has 1 aliphatic heterocycles. The summed E-state index contributed by atoms with van der Waals surface area (Å²) in [6.45, 7) is 4.21. The number of hydrogen-bond donors (Lipinski definition) is 2. The predicted octanol–water partition coefficient (Wildman–Crippen LogP) is -0.103. The Hall–Kier alpha value is -1.79. The molecule has 0 saturated heterocycles. The van der Waals surface area contributed by atoms with Crippen molar-refractivity contribution in [3.05, 3.63) is 16.3 Å². The molecule has 2 N–H and O–H groups in total. The maximum Gasteiger partial charge on any atom is 0.343 e. The minimum absolute atomic E-state index is 0.0832. The molecule has 0 saturated carbocycles. The summed E-state index contributed by atoms with van der Waals surface area (Å²) in [7, 11) is 0. The Balaban J connectivity index is 1.93. The van der Waals surface area contributed by atoms with E-state index < -0.39 is 0 Å². The van der Waals surface area contributed by atoms with E-state index in [1.54, 1.807) is 9.47 Å². The first-order chi connectivity index (χ1) is 8.22. The Bertz CT molecular complexity index is 450. The van der Waals surface area contributed by atoms with Crippen LogP contribution in [0.2, 0.25) is 0 Å². The van der Waals surface area contributed by atoms with Gasteiger partial charge in [-0.2, -0.15) is 5.10 Å². The first kappa shape index (κ1) is 11.7. The molecule has 0 bridgehead atoms. The van der Waals surface area contributed by atoms with Crippen LogP contribution in [0.5, 0.6) is 0 Å². The van der Waals surface area contributed by atoms with E-state index in [-0.39, 0.29) is 11.7 Å². The summed E-state index contributed by atoms with van der Waals surface area (Å²) < 4.78 is 1.57. The molecule has 0 fully saturated rings. The van der Waals surface area contributed by atoms with E-state index in [4.69, 9.17) is 0 Å². The van der Waals surface area contributed by atoms with Gasteiger partial charge in [0.05, 0.1) is 6.54 Å². The topological polar surface area (TPSA) is 83.0 Å². The average Bonchev–Trinajstić information content (AvgIpc) is 2.71. The number of nitrogens with zero attached hydrogens (tertiary/aromatic N) is 3. The van der Waals surface area contributed by atoms with Crippen molar-refractivity contribution in [2.24, 2.45) is 0 Å². The quantitative estimate of drug-likeness (QED) is 0.722. The van der Waals surface area contributed by atoms with Crippen LogP contribution < -0.4 is 11.0 Å². The van der Waals surface area contributed by atoms with Crippen LogP contribution in [0.4, 0.5) is 4.79 Å². The van der Waals surface area contributed by atoms with E-state index in [2.05, 4.69) is 22.4 Å². The minimum atomic E-state index is -0.203. The second kappa shape index (κ2) is 5.03. The number of unbranched alkanes of at least 4 members (excludes halogenated alkanes) is 1. The van der Waals surface area contributed by atoms with Crippen molar-refractivity contribution in [1.82, 2.24) is 25.0 Å². The minimum Gasteiger partial charge on any atom is -0.338 e. The summed E-state index contributed by atoms with van der Waals surface area (Å²) in [5.74, 6) is 0.617.